The average Bonchev–Trinajstić information content (AvgIpc) is 2.44. The molecule has 3 rings (SSSR count). The lowest BCUT2D eigenvalue weighted by Gasteiger charge is -2.29. The summed E-state index contributed by atoms with van der Waals surface area (Å²) in [4.78, 5) is 15.1. The Morgan fingerprint density at radius 1 is 1.11 bits per heavy atom. The van der Waals surface area contributed by atoms with E-state index >= 15 is 0 Å². The first kappa shape index (κ1) is 12.6. The molecular weight excluding hydrogens is 278 g/mol. The highest BCUT2D eigenvalue weighted by Gasteiger charge is 2.24. The molecule has 1 amide bonds. The van der Waals surface area contributed by atoms with Gasteiger partial charge in [0.15, 0.2) is 0 Å². The number of benzene rings is 2. The molecule has 0 saturated carbocycles. The van der Waals surface area contributed by atoms with Gasteiger partial charge in [0.05, 0.1) is 18.0 Å². The third-order valence-corrected chi connectivity index (χ3v) is 4.36. The van der Waals surface area contributed by atoms with Crippen molar-refractivity contribution < 1.29 is 4.79 Å². The average molecular weight is 290 g/mol. The van der Waals surface area contributed by atoms with Crippen molar-refractivity contribution in [2.75, 3.05) is 10.7 Å². The fourth-order valence-electron chi connectivity index (χ4n) is 2.10. The van der Waals surface area contributed by atoms with Gasteiger partial charge in [0.1, 0.15) is 0 Å². The molecule has 0 spiro atoms. The summed E-state index contributed by atoms with van der Waals surface area (Å²) >= 11 is 7.48. The summed E-state index contributed by atoms with van der Waals surface area (Å²) in [6.07, 6.45) is 0. The topological polar surface area (TPSA) is 20.3 Å². The molecule has 0 saturated heterocycles. The van der Waals surface area contributed by atoms with Crippen LogP contribution in [0.1, 0.15) is 5.56 Å². The summed E-state index contributed by atoms with van der Waals surface area (Å²) in [6.45, 7) is 0.591. The van der Waals surface area contributed by atoms with E-state index in [0.29, 0.717) is 17.3 Å². The number of hydrogen-bond acceptors (Lipinski definition) is 2. The largest absolute Gasteiger partial charge is 0.306 e. The van der Waals surface area contributed by atoms with Crippen LogP contribution >= 0.6 is 23.4 Å². The third kappa shape index (κ3) is 2.62. The van der Waals surface area contributed by atoms with Gasteiger partial charge in [0, 0.05) is 9.92 Å². The number of carbonyl (C=O) groups excluding carboxylic acids is 1. The van der Waals surface area contributed by atoms with Crippen LogP contribution in [0.15, 0.2) is 53.4 Å². The molecule has 1 aliphatic rings. The number of halogens is 1. The van der Waals surface area contributed by atoms with Crippen molar-refractivity contribution in [3.05, 3.63) is 59.1 Å². The second-order valence-corrected chi connectivity index (χ2v) is 5.82. The predicted octanol–water partition coefficient (Wildman–Crippen LogP) is 3.98. The number of amides is 1. The lowest BCUT2D eigenvalue weighted by molar-refractivity contribution is -0.116. The summed E-state index contributed by atoms with van der Waals surface area (Å²) < 4.78 is 0. The zero-order valence-corrected chi connectivity index (χ0v) is 11.7. The predicted molar refractivity (Wildman–Crippen MR) is 79.8 cm³/mol. The Balaban J connectivity index is 1.91. The standard InChI is InChI=1S/C15H12ClNOS/c16-12-7-5-11(6-8-12)9-17-13-3-1-2-4-14(13)19-10-15(17)18/h1-8H,9-10H2. The smallest absolute Gasteiger partial charge is 0.237 e. The summed E-state index contributed by atoms with van der Waals surface area (Å²) in [5.74, 6) is 0.656. The molecule has 4 heteroatoms. The first-order valence-corrected chi connectivity index (χ1v) is 7.37. The summed E-state index contributed by atoms with van der Waals surface area (Å²) in [5.41, 5.74) is 2.08. The van der Waals surface area contributed by atoms with E-state index in [2.05, 4.69) is 6.07 Å². The van der Waals surface area contributed by atoms with Gasteiger partial charge in [0.2, 0.25) is 5.91 Å². The van der Waals surface area contributed by atoms with Crippen LogP contribution < -0.4 is 4.90 Å². The normalized spacial score (nSPS) is 14.4. The number of para-hydroxylation sites is 1. The van der Waals surface area contributed by atoms with Gasteiger partial charge in [-0.2, -0.15) is 0 Å². The maximum absolute atomic E-state index is 12.1. The minimum absolute atomic E-state index is 0.152. The van der Waals surface area contributed by atoms with Crippen LogP contribution in [0.3, 0.4) is 0 Å². The van der Waals surface area contributed by atoms with E-state index in [4.69, 9.17) is 11.6 Å². The van der Waals surface area contributed by atoms with Gasteiger partial charge in [-0.15, -0.1) is 11.8 Å². The number of fused-ring (bicyclic) bond motifs is 1. The number of nitrogens with zero attached hydrogens (tertiary/aromatic N) is 1. The van der Waals surface area contributed by atoms with E-state index in [-0.39, 0.29) is 5.91 Å². The maximum Gasteiger partial charge on any atom is 0.237 e. The molecule has 0 fully saturated rings. The number of rotatable bonds is 2. The summed E-state index contributed by atoms with van der Waals surface area (Å²) in [7, 11) is 0. The second kappa shape index (κ2) is 5.27. The van der Waals surface area contributed by atoms with Crippen LogP contribution in [0.4, 0.5) is 5.69 Å². The van der Waals surface area contributed by atoms with Gasteiger partial charge in [-0.25, -0.2) is 0 Å². The summed E-state index contributed by atoms with van der Waals surface area (Å²) in [6, 6.07) is 15.6. The first-order chi connectivity index (χ1) is 9.24. The fourth-order valence-corrected chi connectivity index (χ4v) is 3.16. The molecule has 96 valence electrons. The monoisotopic (exact) mass is 289 g/mol. The SMILES string of the molecule is O=C1CSc2ccccc2N1Cc1ccc(Cl)cc1. The van der Waals surface area contributed by atoms with E-state index in [1.54, 1.807) is 11.8 Å². The molecule has 19 heavy (non-hydrogen) atoms. The quantitative estimate of drug-likeness (QED) is 0.833. The number of carbonyl (C=O) groups is 1. The molecule has 2 nitrogen and oxygen atoms in total. The van der Waals surface area contributed by atoms with Crippen LogP contribution in [-0.4, -0.2) is 11.7 Å². The van der Waals surface area contributed by atoms with Crippen molar-refractivity contribution >= 4 is 35.0 Å². The molecule has 0 unspecified atom stereocenters. The zero-order valence-electron chi connectivity index (χ0n) is 10.2. The lowest BCUT2D eigenvalue weighted by Crippen LogP contribution is -2.34. The molecule has 2 aromatic carbocycles. The molecule has 0 bridgehead atoms. The molecular formula is C15H12ClNOS. The highest BCUT2D eigenvalue weighted by molar-refractivity contribution is 8.00. The van der Waals surface area contributed by atoms with E-state index in [1.807, 2.05) is 47.4 Å². The Kier molecular flexibility index (Phi) is 3.49. The minimum atomic E-state index is 0.152. The lowest BCUT2D eigenvalue weighted by atomic mass is 10.2. The van der Waals surface area contributed by atoms with Crippen LogP contribution in [0.2, 0.25) is 5.02 Å². The highest BCUT2D eigenvalue weighted by Crippen LogP contribution is 2.35. The Hall–Kier alpha value is -1.45. The zero-order chi connectivity index (χ0) is 13.2. The summed E-state index contributed by atoms with van der Waals surface area (Å²) in [5, 5.41) is 0.713. The van der Waals surface area contributed by atoms with E-state index in [0.717, 1.165) is 16.1 Å². The van der Waals surface area contributed by atoms with Crippen LogP contribution in [-0.2, 0) is 11.3 Å². The molecule has 0 aromatic heterocycles. The van der Waals surface area contributed by atoms with Crippen molar-refractivity contribution in [1.82, 2.24) is 0 Å². The number of anilines is 1. The van der Waals surface area contributed by atoms with Crippen molar-refractivity contribution in [3.63, 3.8) is 0 Å². The van der Waals surface area contributed by atoms with Gasteiger partial charge in [0.25, 0.3) is 0 Å². The second-order valence-electron chi connectivity index (χ2n) is 4.36. The maximum atomic E-state index is 12.1. The molecule has 0 N–H and O–H groups in total. The Labute approximate surface area is 121 Å². The van der Waals surface area contributed by atoms with Crippen LogP contribution in [0.5, 0.6) is 0 Å². The van der Waals surface area contributed by atoms with E-state index in [1.165, 1.54) is 0 Å². The first-order valence-electron chi connectivity index (χ1n) is 6.01. The van der Waals surface area contributed by atoms with Crippen LogP contribution in [0.25, 0.3) is 0 Å². The molecule has 1 aliphatic heterocycles. The molecule has 1 heterocycles. The Morgan fingerprint density at radius 2 is 1.84 bits per heavy atom. The van der Waals surface area contributed by atoms with E-state index in [9.17, 15) is 4.79 Å². The van der Waals surface area contributed by atoms with Crippen molar-refractivity contribution in [1.29, 1.82) is 0 Å². The van der Waals surface area contributed by atoms with Gasteiger partial charge in [-0.1, -0.05) is 35.9 Å². The van der Waals surface area contributed by atoms with Crippen molar-refractivity contribution in [2.45, 2.75) is 11.4 Å². The third-order valence-electron chi connectivity index (χ3n) is 3.06. The van der Waals surface area contributed by atoms with Gasteiger partial charge in [-0.05, 0) is 29.8 Å². The fraction of sp³-hybridized carbons (Fsp3) is 0.133. The molecule has 0 aliphatic carbocycles. The van der Waals surface area contributed by atoms with Crippen molar-refractivity contribution in [2.24, 2.45) is 0 Å². The number of thioether (sulfide) groups is 1. The van der Waals surface area contributed by atoms with Gasteiger partial charge < -0.3 is 4.90 Å². The van der Waals surface area contributed by atoms with Gasteiger partial charge in [-0.3, -0.25) is 4.79 Å². The molecule has 2 aromatic rings. The number of hydrogen-bond donors (Lipinski definition) is 0. The van der Waals surface area contributed by atoms with E-state index < -0.39 is 0 Å². The minimum Gasteiger partial charge on any atom is -0.306 e. The van der Waals surface area contributed by atoms with Gasteiger partial charge >= 0.3 is 0 Å². The molecule has 0 atom stereocenters. The highest BCUT2D eigenvalue weighted by atomic mass is 35.5. The molecule has 0 radical (unpaired) electrons. The Bertz CT molecular complexity index is 612. The van der Waals surface area contributed by atoms with Crippen LogP contribution in [0, 0.1) is 0 Å². The Morgan fingerprint density at radius 3 is 2.63 bits per heavy atom. The van der Waals surface area contributed by atoms with Crippen molar-refractivity contribution in [3.8, 4) is 0 Å².